The Morgan fingerprint density at radius 1 is 0.427 bits per heavy atom. The second-order valence-corrected chi connectivity index (χ2v) is 29.1. The smallest absolute Gasteiger partial charge is 0.252 e. The van der Waals surface area contributed by atoms with Gasteiger partial charge in [0.2, 0.25) is 0 Å². The quantitative estimate of drug-likeness (QED) is 0.160. The third kappa shape index (κ3) is 7.63. The van der Waals surface area contributed by atoms with Crippen LogP contribution < -0.4 is 31.1 Å². The molecule has 14 rings (SSSR count). The fourth-order valence-electron chi connectivity index (χ4n) is 15.6. The average molecular weight is 1070 g/mol. The molecule has 10 aromatic rings. The largest absolute Gasteiger partial charge is 0.454 e. The van der Waals surface area contributed by atoms with Gasteiger partial charge in [-0.15, -0.1) is 0 Å². The van der Waals surface area contributed by atoms with Gasteiger partial charge in [-0.05, 0) is 187 Å². The van der Waals surface area contributed by atoms with Gasteiger partial charge in [0.15, 0.2) is 5.58 Å². The summed E-state index contributed by atoms with van der Waals surface area (Å²) in [5, 5.41) is 2.26. The van der Waals surface area contributed by atoms with E-state index in [1.54, 1.807) is 0 Å². The Bertz CT molecular complexity index is 4250. The number of aryl methyl sites for hydroxylation is 2. The summed E-state index contributed by atoms with van der Waals surface area (Å²) in [6.07, 6.45) is 1.08. The van der Waals surface area contributed by atoms with Crippen LogP contribution >= 0.6 is 0 Å². The second-order valence-electron chi connectivity index (χ2n) is 29.1. The molecule has 2 aliphatic heterocycles. The van der Waals surface area contributed by atoms with Gasteiger partial charge in [-0.1, -0.05) is 194 Å². The molecule has 410 valence electrons. The normalized spacial score (nSPS) is 16.8. The predicted octanol–water partition coefficient (Wildman–Crippen LogP) is 19.3. The van der Waals surface area contributed by atoms with Crippen molar-refractivity contribution >= 4 is 96.2 Å². The monoisotopic (exact) mass is 1070 g/mol. The molecule has 0 fully saturated rings. The van der Waals surface area contributed by atoms with Crippen LogP contribution in [0.4, 0.5) is 51.2 Å². The van der Waals surface area contributed by atoms with E-state index in [1.165, 1.54) is 100 Å². The van der Waals surface area contributed by atoms with E-state index >= 15 is 0 Å². The number of benzene rings is 9. The van der Waals surface area contributed by atoms with E-state index in [0.29, 0.717) is 0 Å². The van der Waals surface area contributed by atoms with Crippen molar-refractivity contribution < 1.29 is 4.42 Å². The molecule has 4 aliphatic rings. The summed E-state index contributed by atoms with van der Waals surface area (Å²) in [5.74, 6) is 0. The third-order valence-corrected chi connectivity index (χ3v) is 19.7. The lowest BCUT2D eigenvalue weighted by Crippen LogP contribution is -2.61. The topological polar surface area (TPSA) is 22.9 Å². The van der Waals surface area contributed by atoms with Gasteiger partial charge in [0.05, 0.1) is 5.69 Å². The van der Waals surface area contributed by atoms with E-state index in [-0.39, 0.29) is 39.2 Å². The molecule has 0 radical (unpaired) electrons. The van der Waals surface area contributed by atoms with Crippen molar-refractivity contribution in [1.29, 1.82) is 0 Å². The maximum atomic E-state index is 7.04. The van der Waals surface area contributed by atoms with Crippen LogP contribution in [0.1, 0.15) is 159 Å². The van der Waals surface area contributed by atoms with Crippen LogP contribution in [0.5, 0.6) is 0 Å². The zero-order valence-electron chi connectivity index (χ0n) is 51.2. The highest BCUT2D eigenvalue weighted by molar-refractivity contribution is 7.00. The van der Waals surface area contributed by atoms with Crippen LogP contribution in [-0.4, -0.2) is 6.71 Å². The van der Waals surface area contributed by atoms with E-state index in [9.17, 15) is 0 Å². The summed E-state index contributed by atoms with van der Waals surface area (Å²) < 4.78 is 7.04. The lowest BCUT2D eigenvalue weighted by molar-refractivity contribution is 0.403. The number of anilines is 9. The summed E-state index contributed by atoms with van der Waals surface area (Å²) in [5.41, 5.74) is 29.3. The minimum Gasteiger partial charge on any atom is -0.454 e. The van der Waals surface area contributed by atoms with Crippen molar-refractivity contribution in [2.75, 3.05) is 14.7 Å². The predicted molar refractivity (Wildman–Crippen MR) is 351 cm³/mol. The van der Waals surface area contributed by atoms with Crippen LogP contribution in [0.25, 0.3) is 21.9 Å². The molecule has 0 atom stereocenters. The zero-order chi connectivity index (χ0) is 57.5. The van der Waals surface area contributed by atoms with Crippen LogP contribution in [0.15, 0.2) is 174 Å². The second kappa shape index (κ2) is 17.4. The van der Waals surface area contributed by atoms with Gasteiger partial charge < -0.3 is 19.1 Å². The van der Waals surface area contributed by atoms with Crippen LogP contribution in [0, 0.1) is 13.8 Å². The molecule has 3 heterocycles. The SMILES string of the molecule is Cc1cc2c3c(c1)N(c1cccc4c1oc1ccccc14)c1cc4c(cc1B3c1ccc(N(c3ccc(C(C)(C)C)cc3)c3ccc(C(C)(C)C)cc3)cc1N2c1cc2c(cc1C)C(C)(C)c1ccccc1C2(C)C)C(C)(C)CC4(C)C. The Labute approximate surface area is 487 Å². The molecule has 0 saturated carbocycles. The molecule has 0 amide bonds. The maximum absolute atomic E-state index is 7.04. The number of rotatable bonds is 5. The molecule has 5 heteroatoms. The lowest BCUT2D eigenvalue weighted by atomic mass is 9.33. The minimum absolute atomic E-state index is 0.0164. The van der Waals surface area contributed by atoms with E-state index < -0.39 is 0 Å². The summed E-state index contributed by atoms with van der Waals surface area (Å²) in [4.78, 5) is 7.75. The number of furan rings is 1. The zero-order valence-corrected chi connectivity index (χ0v) is 51.2. The molecule has 2 aliphatic carbocycles. The molecule has 0 saturated heterocycles. The highest BCUT2D eigenvalue weighted by Gasteiger charge is 2.50. The Hall–Kier alpha value is -7.76. The van der Waals surface area contributed by atoms with Crippen molar-refractivity contribution in [3.8, 4) is 0 Å². The molecule has 0 N–H and O–H groups in total. The number of fused-ring (bicyclic) bond motifs is 10. The molecule has 0 bridgehead atoms. The first kappa shape index (κ1) is 52.3. The van der Waals surface area contributed by atoms with Gasteiger partial charge in [-0.3, -0.25) is 0 Å². The van der Waals surface area contributed by atoms with Gasteiger partial charge >= 0.3 is 0 Å². The van der Waals surface area contributed by atoms with Crippen LogP contribution in [-0.2, 0) is 32.5 Å². The molecular formula is C77H78BN3O. The maximum Gasteiger partial charge on any atom is 0.252 e. The highest BCUT2D eigenvalue weighted by Crippen LogP contribution is 2.56. The van der Waals surface area contributed by atoms with Crippen molar-refractivity contribution in [2.24, 2.45) is 0 Å². The molecule has 82 heavy (non-hydrogen) atoms. The number of hydrogen-bond acceptors (Lipinski definition) is 4. The number of hydrogen-bond donors (Lipinski definition) is 0. The molecule has 1 aromatic heterocycles. The fraction of sp³-hybridized carbons (Fsp3) is 0.299. The summed E-state index contributed by atoms with van der Waals surface area (Å²) in [6.45, 7) is 37.9. The molecule has 4 nitrogen and oxygen atoms in total. The van der Waals surface area contributed by atoms with Crippen molar-refractivity contribution in [3.63, 3.8) is 0 Å². The molecule has 0 unspecified atom stereocenters. The van der Waals surface area contributed by atoms with E-state index in [2.05, 4.69) is 295 Å². The Balaban J connectivity index is 1.08. The fourth-order valence-corrected chi connectivity index (χ4v) is 15.6. The van der Waals surface area contributed by atoms with E-state index in [0.717, 1.165) is 51.1 Å². The summed E-state index contributed by atoms with van der Waals surface area (Å²) in [6, 6.07) is 65.8. The van der Waals surface area contributed by atoms with Gasteiger partial charge in [0.25, 0.3) is 6.71 Å². The highest BCUT2D eigenvalue weighted by atomic mass is 16.3. The first-order valence-corrected chi connectivity index (χ1v) is 30.0. The standard InChI is InChI=1S/C77H78BN3O/c1-46-38-67-70-68(39-46)81(64-44-60-59(40-47(64)2)76(13,14)55-24-18-19-25-56(55)77(60,15)16)65-41-52(79(50-32-28-48(29-33-50)72(3,4)5)51-34-30-49(31-35-51)73(6,7)8)36-37-61(65)78(70)62-42-57-58(75(11,12)45-74(57,9)10)43-66(62)80(67)63-26-21-23-54-53-22-17-20-27-69(53)82-71(54)63/h17-44H,45H2,1-16H3. The van der Waals surface area contributed by atoms with Crippen molar-refractivity contribution in [1.82, 2.24) is 0 Å². The molecular weight excluding hydrogens is 994 g/mol. The van der Waals surface area contributed by atoms with E-state index in [1.807, 2.05) is 0 Å². The van der Waals surface area contributed by atoms with Gasteiger partial charge in [0.1, 0.15) is 5.58 Å². The first-order chi connectivity index (χ1) is 38.7. The first-order valence-electron chi connectivity index (χ1n) is 30.0. The Kier molecular flexibility index (Phi) is 11.1. The lowest BCUT2D eigenvalue weighted by Gasteiger charge is -2.47. The van der Waals surface area contributed by atoms with Gasteiger partial charge in [0, 0.05) is 67.1 Å². The van der Waals surface area contributed by atoms with Crippen LogP contribution in [0.2, 0.25) is 0 Å². The summed E-state index contributed by atoms with van der Waals surface area (Å²) in [7, 11) is 0. The van der Waals surface area contributed by atoms with Crippen molar-refractivity contribution in [3.05, 3.63) is 225 Å². The average Bonchev–Trinajstić information content (AvgIpc) is 2.10. The Morgan fingerprint density at radius 2 is 0.927 bits per heavy atom. The third-order valence-electron chi connectivity index (χ3n) is 19.7. The van der Waals surface area contributed by atoms with E-state index in [4.69, 9.17) is 4.42 Å². The van der Waals surface area contributed by atoms with Crippen LogP contribution in [0.3, 0.4) is 0 Å². The Morgan fingerprint density at radius 3 is 1.52 bits per heavy atom. The van der Waals surface area contributed by atoms with Crippen molar-refractivity contribution in [2.45, 2.75) is 150 Å². The minimum atomic E-state index is -0.254. The number of para-hydroxylation sites is 2. The molecule has 9 aromatic carbocycles. The number of nitrogens with zero attached hydrogens (tertiary/aromatic N) is 3. The molecule has 0 spiro atoms. The van der Waals surface area contributed by atoms with Gasteiger partial charge in [-0.2, -0.15) is 0 Å². The summed E-state index contributed by atoms with van der Waals surface area (Å²) >= 11 is 0. The van der Waals surface area contributed by atoms with Gasteiger partial charge in [-0.25, -0.2) is 0 Å².